The standard InChI is InChI=1S/C16H18ClNO3/c1-2-3-10-20-18-14-9-8-13(21-14)15(16(18)19)11-4-6-12(17)7-5-11/h4-9,13-15H,2-3,10H2,1H3/t13-,14+,15+/m1/s1. The Balaban J connectivity index is 1.81. The predicted octanol–water partition coefficient (Wildman–Crippen LogP) is 3.28. The molecule has 5 heteroatoms. The fourth-order valence-electron chi connectivity index (χ4n) is 2.63. The van der Waals surface area contributed by atoms with Crippen LogP contribution in [0.1, 0.15) is 31.2 Å². The van der Waals surface area contributed by atoms with Crippen molar-refractivity contribution in [2.75, 3.05) is 6.61 Å². The van der Waals surface area contributed by atoms with E-state index in [1.54, 1.807) is 12.1 Å². The van der Waals surface area contributed by atoms with Gasteiger partial charge in [-0.25, -0.2) is 0 Å². The van der Waals surface area contributed by atoms with Gasteiger partial charge in [0.2, 0.25) is 0 Å². The molecule has 4 nitrogen and oxygen atoms in total. The topological polar surface area (TPSA) is 38.8 Å². The van der Waals surface area contributed by atoms with E-state index in [0.29, 0.717) is 11.6 Å². The molecule has 2 aliphatic heterocycles. The first-order chi connectivity index (χ1) is 10.2. The van der Waals surface area contributed by atoms with E-state index in [4.69, 9.17) is 21.2 Å². The lowest BCUT2D eigenvalue weighted by Gasteiger charge is -2.37. The van der Waals surface area contributed by atoms with Crippen molar-refractivity contribution < 1.29 is 14.4 Å². The van der Waals surface area contributed by atoms with Crippen LogP contribution in [0.25, 0.3) is 0 Å². The van der Waals surface area contributed by atoms with Crippen LogP contribution in [0.5, 0.6) is 0 Å². The van der Waals surface area contributed by atoms with Crippen molar-refractivity contribution >= 4 is 17.5 Å². The van der Waals surface area contributed by atoms with Gasteiger partial charge in [0.05, 0.1) is 18.6 Å². The van der Waals surface area contributed by atoms with Crippen LogP contribution in [0, 0.1) is 0 Å². The van der Waals surface area contributed by atoms with Crippen LogP contribution in [0.4, 0.5) is 0 Å². The Labute approximate surface area is 129 Å². The van der Waals surface area contributed by atoms with Gasteiger partial charge in [0.15, 0.2) is 6.23 Å². The molecule has 1 aromatic carbocycles. The average molecular weight is 308 g/mol. The minimum Gasteiger partial charge on any atom is -0.344 e. The Morgan fingerprint density at radius 3 is 2.76 bits per heavy atom. The van der Waals surface area contributed by atoms with Crippen molar-refractivity contribution in [3.8, 4) is 0 Å². The molecule has 0 unspecified atom stereocenters. The molecule has 21 heavy (non-hydrogen) atoms. The van der Waals surface area contributed by atoms with E-state index < -0.39 is 6.23 Å². The summed E-state index contributed by atoms with van der Waals surface area (Å²) >= 11 is 5.91. The van der Waals surface area contributed by atoms with Crippen molar-refractivity contribution in [2.45, 2.75) is 38.0 Å². The average Bonchev–Trinajstić information content (AvgIpc) is 2.90. The van der Waals surface area contributed by atoms with E-state index in [1.165, 1.54) is 5.06 Å². The summed E-state index contributed by atoms with van der Waals surface area (Å²) in [6, 6.07) is 7.31. The lowest BCUT2D eigenvalue weighted by molar-refractivity contribution is -0.253. The number of carbonyl (C=O) groups is 1. The maximum atomic E-state index is 12.7. The number of ether oxygens (including phenoxy) is 1. The minimum atomic E-state index is -0.400. The van der Waals surface area contributed by atoms with Gasteiger partial charge in [0.1, 0.15) is 0 Å². The molecule has 2 bridgehead atoms. The third-order valence-corrected chi connectivity index (χ3v) is 4.01. The molecule has 2 aliphatic rings. The van der Waals surface area contributed by atoms with Gasteiger partial charge in [-0.05, 0) is 30.2 Å². The molecule has 0 radical (unpaired) electrons. The number of rotatable bonds is 5. The third kappa shape index (κ3) is 2.84. The number of amides is 1. The Morgan fingerprint density at radius 2 is 2.05 bits per heavy atom. The number of nitrogens with zero attached hydrogens (tertiary/aromatic N) is 1. The maximum Gasteiger partial charge on any atom is 0.259 e. The molecular formula is C16H18ClNO3. The predicted molar refractivity (Wildman–Crippen MR) is 79.7 cm³/mol. The van der Waals surface area contributed by atoms with Crippen molar-refractivity contribution in [1.29, 1.82) is 0 Å². The molecule has 0 aromatic heterocycles. The second kappa shape index (κ2) is 6.18. The van der Waals surface area contributed by atoms with E-state index in [0.717, 1.165) is 18.4 Å². The Kier molecular flexibility index (Phi) is 4.29. The first-order valence-electron chi connectivity index (χ1n) is 7.26. The lowest BCUT2D eigenvalue weighted by Crippen LogP contribution is -2.50. The molecule has 0 N–H and O–H groups in total. The molecule has 1 aromatic rings. The number of unbranched alkanes of at least 4 members (excludes halogenated alkanes) is 1. The van der Waals surface area contributed by atoms with Crippen molar-refractivity contribution in [1.82, 2.24) is 5.06 Å². The van der Waals surface area contributed by atoms with Crippen molar-refractivity contribution in [2.24, 2.45) is 0 Å². The summed E-state index contributed by atoms with van der Waals surface area (Å²) in [4.78, 5) is 18.3. The normalized spacial score (nSPS) is 27.4. The summed E-state index contributed by atoms with van der Waals surface area (Å²) in [6.45, 7) is 2.61. The van der Waals surface area contributed by atoms with Crippen LogP contribution in [0.3, 0.4) is 0 Å². The highest BCUT2D eigenvalue weighted by atomic mass is 35.5. The van der Waals surface area contributed by atoms with Crippen molar-refractivity contribution in [3.63, 3.8) is 0 Å². The first-order valence-corrected chi connectivity index (χ1v) is 7.63. The Bertz CT molecular complexity index is 543. The molecule has 1 amide bonds. The van der Waals surface area contributed by atoms with Crippen LogP contribution in [-0.2, 0) is 14.4 Å². The summed E-state index contributed by atoms with van der Waals surface area (Å²) < 4.78 is 5.84. The first kappa shape index (κ1) is 14.6. The fourth-order valence-corrected chi connectivity index (χ4v) is 2.76. The number of hydrogen-bond donors (Lipinski definition) is 0. The summed E-state index contributed by atoms with van der Waals surface area (Å²) in [7, 11) is 0. The largest absolute Gasteiger partial charge is 0.344 e. The molecule has 0 spiro atoms. The Hall–Kier alpha value is -1.36. The van der Waals surface area contributed by atoms with Crippen LogP contribution >= 0.6 is 11.6 Å². The highest BCUT2D eigenvalue weighted by molar-refractivity contribution is 6.30. The molecule has 1 fully saturated rings. The SMILES string of the molecule is CCCCON1C(=O)[C@@H](c2ccc(Cl)cc2)[C@H]2C=C[C@@H]1O2. The Morgan fingerprint density at radius 1 is 1.29 bits per heavy atom. The fraction of sp³-hybridized carbons (Fsp3) is 0.438. The van der Waals surface area contributed by atoms with Gasteiger partial charge in [-0.2, -0.15) is 5.06 Å². The molecule has 0 saturated carbocycles. The van der Waals surface area contributed by atoms with Gasteiger partial charge in [0, 0.05) is 5.02 Å². The number of carbonyl (C=O) groups excluding carboxylic acids is 1. The van der Waals surface area contributed by atoms with Gasteiger partial charge in [0.25, 0.3) is 5.91 Å². The van der Waals surface area contributed by atoms with E-state index in [2.05, 4.69) is 6.92 Å². The van der Waals surface area contributed by atoms with Gasteiger partial charge in [-0.3, -0.25) is 9.63 Å². The zero-order valence-electron chi connectivity index (χ0n) is 11.9. The molecule has 3 atom stereocenters. The maximum absolute atomic E-state index is 12.7. The van der Waals surface area contributed by atoms with E-state index in [9.17, 15) is 4.79 Å². The van der Waals surface area contributed by atoms with Crippen LogP contribution in [0.15, 0.2) is 36.4 Å². The molecular weight excluding hydrogens is 290 g/mol. The van der Waals surface area contributed by atoms with E-state index in [1.807, 2.05) is 24.3 Å². The van der Waals surface area contributed by atoms with Crippen molar-refractivity contribution in [3.05, 3.63) is 47.0 Å². The summed E-state index contributed by atoms with van der Waals surface area (Å²) in [5.74, 6) is -0.432. The monoisotopic (exact) mass is 307 g/mol. The zero-order valence-corrected chi connectivity index (χ0v) is 12.6. The van der Waals surface area contributed by atoms with E-state index in [-0.39, 0.29) is 17.9 Å². The zero-order chi connectivity index (χ0) is 14.8. The highest BCUT2D eigenvalue weighted by Crippen LogP contribution is 2.36. The number of halogens is 1. The second-order valence-electron chi connectivity index (χ2n) is 5.26. The van der Waals surface area contributed by atoms with Gasteiger partial charge in [-0.15, -0.1) is 0 Å². The van der Waals surface area contributed by atoms with Crippen LogP contribution in [0.2, 0.25) is 5.02 Å². The van der Waals surface area contributed by atoms with E-state index >= 15 is 0 Å². The highest BCUT2D eigenvalue weighted by Gasteiger charge is 2.45. The quantitative estimate of drug-likeness (QED) is 0.619. The van der Waals surface area contributed by atoms with Crippen LogP contribution in [-0.4, -0.2) is 29.9 Å². The summed E-state index contributed by atoms with van der Waals surface area (Å²) in [6.07, 6.45) is 5.12. The van der Waals surface area contributed by atoms with Gasteiger partial charge in [-0.1, -0.05) is 43.2 Å². The number of fused-ring (bicyclic) bond motifs is 2. The van der Waals surface area contributed by atoms with Gasteiger partial charge < -0.3 is 4.74 Å². The number of benzene rings is 1. The summed E-state index contributed by atoms with van der Waals surface area (Å²) in [5, 5.41) is 2.02. The molecule has 1 saturated heterocycles. The summed E-state index contributed by atoms with van der Waals surface area (Å²) in [5.41, 5.74) is 0.892. The molecule has 3 rings (SSSR count). The lowest BCUT2D eigenvalue weighted by atomic mass is 9.92. The van der Waals surface area contributed by atoms with Crippen LogP contribution < -0.4 is 0 Å². The molecule has 2 heterocycles. The van der Waals surface area contributed by atoms with Gasteiger partial charge >= 0.3 is 0 Å². The molecule has 0 aliphatic carbocycles. The minimum absolute atomic E-state index is 0.0559. The molecule has 112 valence electrons. The second-order valence-corrected chi connectivity index (χ2v) is 5.69. The smallest absolute Gasteiger partial charge is 0.259 e. The third-order valence-electron chi connectivity index (χ3n) is 3.76. The number of hydrogen-bond acceptors (Lipinski definition) is 3. The number of hydroxylamine groups is 2.